The van der Waals surface area contributed by atoms with Gasteiger partial charge in [0.05, 0.1) is 17.8 Å². The highest BCUT2D eigenvalue weighted by atomic mass is 16.6. The number of hydrogen-bond acceptors (Lipinski definition) is 6. The van der Waals surface area contributed by atoms with Crippen LogP contribution in [0.1, 0.15) is 62.4 Å². The molecule has 4 N–H and O–H groups in total. The summed E-state index contributed by atoms with van der Waals surface area (Å²) in [6.45, 7) is 14.1. The van der Waals surface area contributed by atoms with Gasteiger partial charge in [-0.1, -0.05) is 13.8 Å². The van der Waals surface area contributed by atoms with E-state index in [1.807, 2.05) is 66.7 Å². The SMILES string of the molecule is CC.Cc1cc(-c2nc3ccc(N)c(C=N)c3c3c2CN(C(=O)OC(C)(C)C)CC3)cc(C)c1O. The summed E-state index contributed by atoms with van der Waals surface area (Å²) in [5.74, 6) is 0.266. The second kappa shape index (κ2) is 9.94. The van der Waals surface area contributed by atoms with Crippen LogP contribution in [-0.2, 0) is 17.7 Å². The van der Waals surface area contributed by atoms with Crippen molar-refractivity contribution in [2.75, 3.05) is 12.3 Å². The number of fused-ring (bicyclic) bond motifs is 3. The summed E-state index contributed by atoms with van der Waals surface area (Å²) in [5.41, 5.74) is 12.6. The molecule has 1 amide bonds. The Hall–Kier alpha value is -3.61. The molecule has 1 aliphatic rings. The number of rotatable bonds is 2. The van der Waals surface area contributed by atoms with Crippen LogP contribution in [0.3, 0.4) is 0 Å². The predicted octanol–water partition coefficient (Wildman–Crippen LogP) is 6.12. The molecule has 0 bridgehead atoms. The molecule has 2 heterocycles. The zero-order valence-electron chi connectivity index (χ0n) is 21.7. The lowest BCUT2D eigenvalue weighted by Gasteiger charge is -2.33. The Morgan fingerprint density at radius 1 is 1.17 bits per heavy atom. The molecule has 0 atom stereocenters. The van der Waals surface area contributed by atoms with Crippen molar-refractivity contribution < 1.29 is 14.6 Å². The quantitative estimate of drug-likeness (QED) is 0.304. The fraction of sp³-hybridized carbons (Fsp3) is 0.393. The van der Waals surface area contributed by atoms with Crippen molar-refractivity contribution in [3.8, 4) is 17.0 Å². The second-order valence-electron chi connectivity index (χ2n) is 9.63. The summed E-state index contributed by atoms with van der Waals surface area (Å²) in [4.78, 5) is 19.5. The van der Waals surface area contributed by atoms with Crippen molar-refractivity contribution in [2.24, 2.45) is 0 Å². The Kier molecular flexibility index (Phi) is 7.38. The van der Waals surface area contributed by atoms with Crippen LogP contribution in [0.5, 0.6) is 5.75 Å². The number of nitrogens with two attached hydrogens (primary N) is 1. The minimum atomic E-state index is -0.588. The number of hydrogen-bond donors (Lipinski definition) is 3. The number of pyridine rings is 1. The molecule has 0 fully saturated rings. The van der Waals surface area contributed by atoms with Gasteiger partial charge < -0.3 is 25.9 Å². The predicted molar refractivity (Wildman–Crippen MR) is 142 cm³/mol. The van der Waals surface area contributed by atoms with Gasteiger partial charge in [0.1, 0.15) is 11.4 Å². The summed E-state index contributed by atoms with van der Waals surface area (Å²) in [5, 5.41) is 19.1. The maximum Gasteiger partial charge on any atom is 0.410 e. The molecule has 0 radical (unpaired) electrons. The molecule has 0 unspecified atom stereocenters. The van der Waals surface area contributed by atoms with Gasteiger partial charge in [0, 0.05) is 40.5 Å². The molecule has 0 aliphatic carbocycles. The number of nitrogens with one attached hydrogen (secondary N) is 1. The molecular weight excluding hydrogens is 440 g/mol. The van der Waals surface area contributed by atoms with Crippen molar-refractivity contribution in [3.63, 3.8) is 0 Å². The van der Waals surface area contributed by atoms with E-state index in [-0.39, 0.29) is 11.8 Å². The van der Waals surface area contributed by atoms with E-state index in [0.29, 0.717) is 30.8 Å². The normalized spacial score (nSPS) is 13.1. The zero-order valence-corrected chi connectivity index (χ0v) is 21.7. The lowest BCUT2D eigenvalue weighted by molar-refractivity contribution is 0.0224. The number of nitrogens with zero attached hydrogens (tertiary/aromatic N) is 2. The second-order valence-corrected chi connectivity index (χ2v) is 9.63. The summed E-state index contributed by atoms with van der Waals surface area (Å²) in [7, 11) is 0. The third-order valence-corrected chi connectivity index (χ3v) is 5.98. The van der Waals surface area contributed by atoms with Gasteiger partial charge in [0.25, 0.3) is 0 Å². The Morgan fingerprint density at radius 3 is 2.37 bits per heavy atom. The number of aryl methyl sites for hydroxylation is 2. The smallest absolute Gasteiger partial charge is 0.410 e. The lowest BCUT2D eigenvalue weighted by atomic mass is 9.89. The van der Waals surface area contributed by atoms with Gasteiger partial charge in [-0.3, -0.25) is 0 Å². The third kappa shape index (κ3) is 5.09. The zero-order chi connectivity index (χ0) is 26.1. The lowest BCUT2D eigenvalue weighted by Crippen LogP contribution is -2.40. The minimum absolute atomic E-state index is 0.266. The molecule has 0 spiro atoms. The van der Waals surface area contributed by atoms with E-state index in [1.54, 1.807) is 11.0 Å². The molecule has 3 aromatic rings. The highest BCUT2D eigenvalue weighted by Gasteiger charge is 2.30. The van der Waals surface area contributed by atoms with Gasteiger partial charge >= 0.3 is 6.09 Å². The fourth-order valence-corrected chi connectivity index (χ4v) is 4.45. The molecule has 0 saturated heterocycles. The highest BCUT2D eigenvalue weighted by molar-refractivity contribution is 6.05. The van der Waals surface area contributed by atoms with Crippen LogP contribution in [0.15, 0.2) is 24.3 Å². The number of benzene rings is 2. The van der Waals surface area contributed by atoms with Crippen molar-refractivity contribution in [1.29, 1.82) is 5.41 Å². The molecule has 1 aromatic heterocycles. The molecule has 35 heavy (non-hydrogen) atoms. The number of phenolic OH excluding ortho intramolecular Hbond substituents is 1. The first-order valence-electron chi connectivity index (χ1n) is 12.0. The molecule has 0 saturated carbocycles. The Labute approximate surface area is 207 Å². The topological polar surface area (TPSA) is 113 Å². The number of aromatic hydroxyl groups is 1. The van der Waals surface area contributed by atoms with Gasteiger partial charge in [-0.2, -0.15) is 0 Å². The third-order valence-electron chi connectivity index (χ3n) is 5.98. The monoisotopic (exact) mass is 476 g/mol. The molecule has 7 heteroatoms. The van der Waals surface area contributed by atoms with E-state index in [1.165, 1.54) is 6.21 Å². The molecular formula is C28H36N4O3. The van der Waals surface area contributed by atoms with Gasteiger partial charge in [-0.15, -0.1) is 0 Å². The first-order valence-corrected chi connectivity index (χ1v) is 12.0. The van der Waals surface area contributed by atoms with Gasteiger partial charge in [0.15, 0.2) is 0 Å². The number of anilines is 1. The summed E-state index contributed by atoms with van der Waals surface area (Å²) in [6, 6.07) is 7.48. The van der Waals surface area contributed by atoms with Crippen molar-refractivity contribution in [1.82, 2.24) is 9.88 Å². The number of amides is 1. The number of carbonyl (C=O) groups is 1. The minimum Gasteiger partial charge on any atom is -0.507 e. The fourth-order valence-electron chi connectivity index (χ4n) is 4.45. The summed E-state index contributed by atoms with van der Waals surface area (Å²) < 4.78 is 5.62. The van der Waals surface area contributed by atoms with Gasteiger partial charge in [0.2, 0.25) is 0 Å². The maximum absolute atomic E-state index is 12.9. The number of phenols is 1. The number of carbonyl (C=O) groups excluding carboxylic acids is 1. The number of aromatic nitrogens is 1. The summed E-state index contributed by atoms with van der Waals surface area (Å²) in [6.07, 6.45) is 1.51. The van der Waals surface area contributed by atoms with Crippen molar-refractivity contribution >= 4 is 28.9 Å². The van der Waals surface area contributed by atoms with E-state index in [9.17, 15) is 9.90 Å². The Morgan fingerprint density at radius 2 is 1.80 bits per heavy atom. The Balaban J connectivity index is 0.00000167. The van der Waals surface area contributed by atoms with Crippen LogP contribution in [0, 0.1) is 19.3 Å². The van der Waals surface area contributed by atoms with Gasteiger partial charge in [-0.05, 0) is 82.0 Å². The van der Waals surface area contributed by atoms with Crippen LogP contribution >= 0.6 is 0 Å². The molecule has 186 valence electrons. The largest absolute Gasteiger partial charge is 0.507 e. The van der Waals surface area contributed by atoms with E-state index in [0.717, 1.165) is 44.4 Å². The van der Waals surface area contributed by atoms with Crippen molar-refractivity contribution in [3.05, 3.63) is 52.1 Å². The molecule has 1 aliphatic heterocycles. The van der Waals surface area contributed by atoms with E-state index in [2.05, 4.69) is 0 Å². The maximum atomic E-state index is 12.9. The number of ether oxygens (including phenoxy) is 1. The van der Waals surface area contributed by atoms with E-state index < -0.39 is 5.60 Å². The van der Waals surface area contributed by atoms with Crippen LogP contribution < -0.4 is 5.73 Å². The van der Waals surface area contributed by atoms with E-state index >= 15 is 0 Å². The van der Waals surface area contributed by atoms with Crippen LogP contribution in [-0.4, -0.2) is 39.4 Å². The van der Waals surface area contributed by atoms with Crippen LogP contribution in [0.25, 0.3) is 22.2 Å². The highest BCUT2D eigenvalue weighted by Crippen LogP contribution is 2.38. The average molecular weight is 477 g/mol. The van der Waals surface area contributed by atoms with E-state index in [4.69, 9.17) is 20.9 Å². The van der Waals surface area contributed by atoms with Gasteiger partial charge in [-0.25, -0.2) is 9.78 Å². The molecule has 4 rings (SSSR count). The molecule has 7 nitrogen and oxygen atoms in total. The Bertz CT molecular complexity index is 1270. The molecule has 2 aromatic carbocycles. The first-order chi connectivity index (χ1) is 16.5. The van der Waals surface area contributed by atoms with Crippen LogP contribution in [0.2, 0.25) is 0 Å². The standard InChI is InChI=1S/C26H30N4O3.C2H6/c1-14-10-16(11-15(2)24(14)31)23-19-13-30(25(32)33-26(3,4)5)9-8-17(19)22-18(12-27)20(28)6-7-21(22)29-23;1-2/h6-7,10-12,27,31H,8-9,13,28H2,1-5H3;1-2H3. The average Bonchev–Trinajstić information content (AvgIpc) is 2.81. The van der Waals surface area contributed by atoms with Crippen molar-refractivity contribution in [2.45, 2.75) is 67.0 Å². The van der Waals surface area contributed by atoms with Crippen LogP contribution in [0.4, 0.5) is 10.5 Å². The number of nitrogen functional groups attached to an aromatic ring is 1. The first kappa shape index (κ1) is 26.0. The summed E-state index contributed by atoms with van der Waals surface area (Å²) >= 11 is 0.